The number of halogens is 1. The number of urea groups is 1. The van der Waals surface area contributed by atoms with Gasteiger partial charge in [-0.05, 0) is 18.6 Å². The van der Waals surface area contributed by atoms with E-state index >= 15 is 0 Å². The Bertz CT molecular complexity index is 307. The molecular weight excluding hydrogens is 173 g/mol. The van der Waals surface area contributed by atoms with Crippen molar-refractivity contribution in [3.05, 3.63) is 29.6 Å². The van der Waals surface area contributed by atoms with Gasteiger partial charge in [0, 0.05) is 0 Å². The fourth-order valence-corrected chi connectivity index (χ4v) is 0.940. The fraction of sp³-hybridized carbons (Fsp3) is 0.125. The molecule has 4 N–H and O–H groups in total. The van der Waals surface area contributed by atoms with E-state index < -0.39 is 11.8 Å². The zero-order valence-electron chi connectivity index (χ0n) is 7.10. The number of hydrogen-bond acceptors (Lipinski definition) is 2. The Kier molecular flexibility index (Phi) is 2.81. The molecule has 0 aliphatic heterocycles. The van der Waals surface area contributed by atoms with Gasteiger partial charge in [-0.1, -0.05) is 12.1 Å². The second-order valence-corrected chi connectivity index (χ2v) is 2.53. The maximum atomic E-state index is 13.1. The van der Waals surface area contributed by atoms with Crippen molar-refractivity contribution in [3.63, 3.8) is 0 Å². The van der Waals surface area contributed by atoms with Gasteiger partial charge >= 0.3 is 6.03 Å². The van der Waals surface area contributed by atoms with Crippen LogP contribution in [-0.2, 0) is 0 Å². The van der Waals surface area contributed by atoms with Crippen LogP contribution in [0.1, 0.15) is 5.56 Å². The van der Waals surface area contributed by atoms with Crippen LogP contribution in [0, 0.1) is 12.7 Å². The molecule has 0 radical (unpaired) electrons. The molecule has 70 valence electrons. The molecule has 0 bridgehead atoms. The number of rotatable bonds is 1. The molecule has 1 rings (SSSR count). The highest BCUT2D eigenvalue weighted by molar-refractivity contribution is 5.89. The Balaban J connectivity index is 2.93. The smallest absolute Gasteiger partial charge is 0.304 e. The number of hydrogen-bond donors (Lipinski definition) is 3. The number of anilines is 1. The van der Waals surface area contributed by atoms with Gasteiger partial charge in [0.2, 0.25) is 0 Å². The van der Waals surface area contributed by atoms with Gasteiger partial charge in [0.05, 0.1) is 5.69 Å². The van der Waals surface area contributed by atoms with Crippen molar-refractivity contribution < 1.29 is 9.18 Å². The van der Waals surface area contributed by atoms with Crippen LogP contribution in [0.15, 0.2) is 18.2 Å². The number of nitrogens with two attached hydrogens (primary N) is 1. The van der Waals surface area contributed by atoms with Gasteiger partial charge in [-0.25, -0.2) is 15.0 Å². The van der Waals surface area contributed by atoms with E-state index in [1.807, 2.05) is 5.43 Å². The van der Waals surface area contributed by atoms with Crippen LogP contribution in [0.25, 0.3) is 0 Å². The van der Waals surface area contributed by atoms with Gasteiger partial charge in [-0.3, -0.25) is 5.43 Å². The van der Waals surface area contributed by atoms with Crippen LogP contribution in [0.3, 0.4) is 0 Å². The minimum Gasteiger partial charge on any atom is -0.304 e. The summed E-state index contributed by atoms with van der Waals surface area (Å²) in [5.74, 6) is 4.35. The zero-order valence-corrected chi connectivity index (χ0v) is 7.10. The summed E-state index contributed by atoms with van der Waals surface area (Å²) in [6, 6.07) is 3.87. The molecule has 0 saturated carbocycles. The molecule has 4 nitrogen and oxygen atoms in total. The van der Waals surface area contributed by atoms with Crippen molar-refractivity contribution in [1.29, 1.82) is 0 Å². The summed E-state index contributed by atoms with van der Waals surface area (Å²) >= 11 is 0. The van der Waals surface area contributed by atoms with Gasteiger partial charge in [-0.2, -0.15) is 0 Å². The third kappa shape index (κ3) is 2.16. The summed E-state index contributed by atoms with van der Waals surface area (Å²) in [5.41, 5.74) is 2.64. The monoisotopic (exact) mass is 183 g/mol. The third-order valence-corrected chi connectivity index (χ3v) is 1.59. The summed E-state index contributed by atoms with van der Waals surface area (Å²) in [7, 11) is 0. The highest BCUT2D eigenvalue weighted by Crippen LogP contribution is 2.17. The number of aryl methyl sites for hydroxylation is 1. The van der Waals surface area contributed by atoms with E-state index in [-0.39, 0.29) is 5.69 Å². The Morgan fingerprint density at radius 1 is 1.54 bits per heavy atom. The predicted octanol–water partition coefficient (Wildman–Crippen LogP) is 1.13. The number of nitrogens with one attached hydrogen (secondary N) is 2. The van der Waals surface area contributed by atoms with Crippen LogP contribution < -0.4 is 16.6 Å². The molecule has 0 saturated heterocycles. The lowest BCUT2D eigenvalue weighted by Gasteiger charge is -2.07. The van der Waals surface area contributed by atoms with Crippen molar-refractivity contribution in [2.24, 2.45) is 5.84 Å². The average Bonchev–Trinajstić information content (AvgIpc) is 2.11. The molecule has 0 fully saturated rings. The summed E-state index contributed by atoms with van der Waals surface area (Å²) in [6.45, 7) is 1.69. The lowest BCUT2D eigenvalue weighted by atomic mass is 10.2. The van der Waals surface area contributed by atoms with Crippen LogP contribution in [-0.4, -0.2) is 6.03 Å². The first-order valence-electron chi connectivity index (χ1n) is 3.68. The third-order valence-electron chi connectivity index (χ3n) is 1.59. The maximum absolute atomic E-state index is 13.1. The summed E-state index contributed by atoms with van der Waals surface area (Å²) < 4.78 is 13.1. The molecule has 1 aromatic carbocycles. The Hall–Kier alpha value is -1.62. The number of carbonyl (C=O) groups excluding carboxylic acids is 1. The number of benzene rings is 1. The van der Waals surface area contributed by atoms with Gasteiger partial charge in [0.25, 0.3) is 0 Å². The molecule has 0 atom stereocenters. The minimum atomic E-state index is -0.645. The lowest BCUT2D eigenvalue weighted by molar-refractivity contribution is 0.252. The van der Waals surface area contributed by atoms with Crippen LogP contribution in [0.4, 0.5) is 14.9 Å². The van der Waals surface area contributed by atoms with Crippen LogP contribution in [0.5, 0.6) is 0 Å². The molecule has 0 heterocycles. The Morgan fingerprint density at radius 3 is 2.77 bits per heavy atom. The SMILES string of the molecule is Cc1cccc(F)c1NC(=O)NN. The van der Waals surface area contributed by atoms with Gasteiger partial charge in [0.15, 0.2) is 0 Å². The number of carbonyl (C=O) groups is 1. The zero-order chi connectivity index (χ0) is 9.84. The van der Waals surface area contributed by atoms with E-state index in [1.165, 1.54) is 6.07 Å². The highest BCUT2D eigenvalue weighted by Gasteiger charge is 2.07. The Morgan fingerprint density at radius 2 is 2.23 bits per heavy atom. The van der Waals surface area contributed by atoms with Gasteiger partial charge in [-0.15, -0.1) is 0 Å². The number of para-hydroxylation sites is 1. The highest BCUT2D eigenvalue weighted by atomic mass is 19.1. The first kappa shape index (κ1) is 9.47. The minimum absolute atomic E-state index is 0.144. The van der Waals surface area contributed by atoms with Crippen LogP contribution in [0.2, 0.25) is 0 Å². The summed E-state index contributed by atoms with van der Waals surface area (Å²) in [4.78, 5) is 10.8. The molecule has 0 aromatic heterocycles. The first-order chi connectivity index (χ1) is 6.15. The van der Waals surface area contributed by atoms with E-state index in [0.29, 0.717) is 5.56 Å². The second-order valence-electron chi connectivity index (χ2n) is 2.53. The van der Waals surface area contributed by atoms with Gasteiger partial charge in [0.1, 0.15) is 5.82 Å². The van der Waals surface area contributed by atoms with Crippen molar-refractivity contribution in [3.8, 4) is 0 Å². The summed E-state index contributed by atoms with van der Waals surface area (Å²) in [5, 5.41) is 2.28. The van der Waals surface area contributed by atoms with Crippen molar-refractivity contribution in [2.75, 3.05) is 5.32 Å². The Labute approximate surface area is 74.9 Å². The fourth-order valence-electron chi connectivity index (χ4n) is 0.940. The maximum Gasteiger partial charge on any atom is 0.333 e. The average molecular weight is 183 g/mol. The molecule has 0 aliphatic rings. The largest absolute Gasteiger partial charge is 0.333 e. The van der Waals surface area contributed by atoms with Gasteiger partial charge < -0.3 is 5.32 Å². The quantitative estimate of drug-likeness (QED) is 0.347. The van der Waals surface area contributed by atoms with E-state index in [1.54, 1.807) is 19.1 Å². The van der Waals surface area contributed by atoms with Crippen molar-refractivity contribution >= 4 is 11.7 Å². The molecule has 0 spiro atoms. The van der Waals surface area contributed by atoms with Crippen molar-refractivity contribution in [2.45, 2.75) is 6.92 Å². The standard InChI is InChI=1S/C8H10FN3O/c1-5-3-2-4-6(9)7(5)11-8(13)12-10/h2-4H,10H2,1H3,(H2,11,12,13). The molecule has 5 heteroatoms. The lowest BCUT2D eigenvalue weighted by Crippen LogP contribution is -2.34. The van der Waals surface area contributed by atoms with E-state index in [2.05, 4.69) is 5.32 Å². The van der Waals surface area contributed by atoms with E-state index in [4.69, 9.17) is 5.84 Å². The van der Waals surface area contributed by atoms with Crippen molar-refractivity contribution in [1.82, 2.24) is 5.43 Å². The summed E-state index contributed by atoms with van der Waals surface area (Å²) in [6.07, 6.45) is 0. The molecule has 13 heavy (non-hydrogen) atoms. The molecule has 1 aromatic rings. The normalized spacial score (nSPS) is 9.46. The predicted molar refractivity (Wildman–Crippen MR) is 47.5 cm³/mol. The second kappa shape index (κ2) is 3.86. The van der Waals surface area contributed by atoms with Crippen LogP contribution >= 0.6 is 0 Å². The molecule has 2 amide bonds. The van der Waals surface area contributed by atoms with E-state index in [0.717, 1.165) is 0 Å². The topological polar surface area (TPSA) is 67.2 Å². The molecule has 0 unspecified atom stereocenters. The molecular formula is C8H10FN3O. The van der Waals surface area contributed by atoms with E-state index in [9.17, 15) is 9.18 Å². The number of hydrazine groups is 1. The molecule has 0 aliphatic carbocycles. The first-order valence-corrected chi connectivity index (χ1v) is 3.68. The number of amides is 2.